The Balaban J connectivity index is 2.65. The number of isocyanates is 1. The molecule has 1 aromatic rings. The highest BCUT2D eigenvalue weighted by Gasteiger charge is 2.40. The number of nitrogens with zero attached hydrogens (tertiary/aromatic N) is 1. The number of hydrogen-bond donors (Lipinski definition) is 0. The van der Waals surface area contributed by atoms with E-state index in [0.717, 1.165) is 36.8 Å². The van der Waals surface area contributed by atoms with Gasteiger partial charge in [0, 0.05) is 17.7 Å². The van der Waals surface area contributed by atoms with E-state index in [2.05, 4.69) is 4.99 Å². The highest BCUT2D eigenvalue weighted by molar-refractivity contribution is 6.30. The number of methoxy groups -OCH3 is 2. The van der Waals surface area contributed by atoms with Gasteiger partial charge in [-0.05, 0) is 30.5 Å². The maximum atomic E-state index is 10.9. The van der Waals surface area contributed by atoms with E-state index in [-0.39, 0.29) is 0 Å². The van der Waals surface area contributed by atoms with Gasteiger partial charge in [0.25, 0.3) is 0 Å². The van der Waals surface area contributed by atoms with Crippen molar-refractivity contribution in [2.45, 2.75) is 37.8 Å². The summed E-state index contributed by atoms with van der Waals surface area (Å²) in [5.41, 5.74) is 1.27. The van der Waals surface area contributed by atoms with E-state index in [1.165, 1.54) is 0 Å². The molecule has 0 aromatic heterocycles. The molecule has 20 heavy (non-hydrogen) atoms. The predicted molar refractivity (Wildman–Crippen MR) is 77.0 cm³/mol. The summed E-state index contributed by atoms with van der Waals surface area (Å²) in [5, 5.41) is 0.584. The quantitative estimate of drug-likeness (QED) is 0.616. The van der Waals surface area contributed by atoms with Gasteiger partial charge in [-0.25, -0.2) is 4.79 Å². The molecule has 0 aliphatic heterocycles. The van der Waals surface area contributed by atoms with Crippen molar-refractivity contribution in [2.75, 3.05) is 14.2 Å². The lowest BCUT2D eigenvalue weighted by Crippen LogP contribution is -2.22. The molecule has 0 saturated heterocycles. The maximum Gasteiger partial charge on any atom is 0.235 e. The van der Waals surface area contributed by atoms with Crippen molar-refractivity contribution < 1.29 is 14.3 Å². The Bertz CT molecular complexity index is 532. The minimum atomic E-state index is -0.550. The largest absolute Gasteiger partial charge is 0.496 e. The van der Waals surface area contributed by atoms with E-state index < -0.39 is 5.54 Å². The van der Waals surface area contributed by atoms with Gasteiger partial charge in [0.2, 0.25) is 6.08 Å². The van der Waals surface area contributed by atoms with Crippen LogP contribution in [0.25, 0.3) is 0 Å². The predicted octanol–water partition coefficient (Wildman–Crippen LogP) is 3.60. The molecule has 108 valence electrons. The first-order valence-electron chi connectivity index (χ1n) is 6.61. The molecule has 0 N–H and O–H groups in total. The summed E-state index contributed by atoms with van der Waals surface area (Å²) in [7, 11) is 3.22. The molecule has 1 fully saturated rings. The zero-order valence-corrected chi connectivity index (χ0v) is 12.5. The van der Waals surface area contributed by atoms with Crippen molar-refractivity contribution >= 4 is 17.7 Å². The molecule has 1 aliphatic carbocycles. The average molecular weight is 296 g/mol. The Hall–Kier alpha value is -1.35. The molecule has 0 atom stereocenters. The highest BCUT2D eigenvalue weighted by Crippen LogP contribution is 2.48. The minimum absolute atomic E-state index is 0.405. The van der Waals surface area contributed by atoms with E-state index in [9.17, 15) is 4.79 Å². The highest BCUT2D eigenvalue weighted by atomic mass is 35.5. The molecule has 0 heterocycles. The third-order valence-electron chi connectivity index (χ3n) is 3.82. The SMILES string of the molecule is COCc1cc(Cl)cc(OC)c1C1(N=C=O)CCCC1. The van der Waals surface area contributed by atoms with E-state index in [0.29, 0.717) is 17.4 Å². The summed E-state index contributed by atoms with van der Waals surface area (Å²) < 4.78 is 10.7. The number of carbonyl (C=O) groups excluding carboxylic acids is 1. The molecule has 1 aromatic carbocycles. The standard InChI is InChI=1S/C15H18ClNO3/c1-19-9-11-7-12(16)8-13(20-2)14(11)15(17-10-18)5-3-4-6-15/h7-8H,3-6,9H2,1-2H3. The Kier molecular flexibility index (Phi) is 4.81. The Labute approximate surface area is 123 Å². The second-order valence-corrected chi connectivity index (χ2v) is 5.45. The van der Waals surface area contributed by atoms with Crippen molar-refractivity contribution in [1.29, 1.82) is 0 Å². The summed E-state index contributed by atoms with van der Waals surface area (Å²) in [6.45, 7) is 0.405. The number of ether oxygens (including phenoxy) is 2. The lowest BCUT2D eigenvalue weighted by molar-refractivity contribution is 0.182. The number of benzene rings is 1. The van der Waals surface area contributed by atoms with Gasteiger partial charge in [-0.2, -0.15) is 4.99 Å². The third kappa shape index (κ3) is 2.73. The zero-order chi connectivity index (χ0) is 14.6. The molecule has 0 radical (unpaired) electrons. The summed E-state index contributed by atoms with van der Waals surface area (Å²) in [5.74, 6) is 0.658. The number of halogens is 1. The van der Waals surface area contributed by atoms with Crippen LogP contribution in [0.2, 0.25) is 5.02 Å². The van der Waals surface area contributed by atoms with E-state index in [4.69, 9.17) is 21.1 Å². The van der Waals surface area contributed by atoms with E-state index >= 15 is 0 Å². The molecule has 1 saturated carbocycles. The molecule has 4 nitrogen and oxygen atoms in total. The molecule has 0 bridgehead atoms. The maximum absolute atomic E-state index is 10.9. The Morgan fingerprint density at radius 2 is 2.05 bits per heavy atom. The second kappa shape index (κ2) is 6.40. The second-order valence-electron chi connectivity index (χ2n) is 5.02. The minimum Gasteiger partial charge on any atom is -0.496 e. The monoisotopic (exact) mass is 295 g/mol. The first-order chi connectivity index (χ1) is 9.66. The van der Waals surface area contributed by atoms with Crippen molar-refractivity contribution in [3.8, 4) is 5.75 Å². The normalized spacial score (nSPS) is 16.8. The van der Waals surface area contributed by atoms with Crippen molar-refractivity contribution in [3.63, 3.8) is 0 Å². The lowest BCUT2D eigenvalue weighted by Gasteiger charge is -2.28. The van der Waals surface area contributed by atoms with Crippen LogP contribution in [0.5, 0.6) is 5.75 Å². The van der Waals surface area contributed by atoms with Gasteiger partial charge in [-0.15, -0.1) is 0 Å². The van der Waals surface area contributed by atoms with Crippen molar-refractivity contribution in [2.24, 2.45) is 4.99 Å². The Morgan fingerprint density at radius 1 is 1.35 bits per heavy atom. The number of hydrogen-bond acceptors (Lipinski definition) is 4. The van der Waals surface area contributed by atoms with Crippen molar-refractivity contribution in [3.05, 3.63) is 28.3 Å². The van der Waals surface area contributed by atoms with Crippen LogP contribution in [0.1, 0.15) is 36.8 Å². The van der Waals surface area contributed by atoms with Gasteiger partial charge in [-0.3, -0.25) is 0 Å². The van der Waals surface area contributed by atoms with Gasteiger partial charge in [0.15, 0.2) is 0 Å². The molecular formula is C15H18ClNO3. The van der Waals surface area contributed by atoms with Gasteiger partial charge in [0.05, 0.1) is 13.7 Å². The summed E-state index contributed by atoms with van der Waals surface area (Å²) in [6.07, 6.45) is 5.42. The molecule has 0 unspecified atom stereocenters. The zero-order valence-electron chi connectivity index (χ0n) is 11.7. The van der Waals surface area contributed by atoms with E-state index in [1.54, 1.807) is 26.4 Å². The first kappa shape index (κ1) is 15.0. The van der Waals surface area contributed by atoms with Gasteiger partial charge in [0.1, 0.15) is 11.3 Å². The van der Waals surface area contributed by atoms with Gasteiger partial charge in [-0.1, -0.05) is 24.4 Å². The third-order valence-corrected chi connectivity index (χ3v) is 4.04. The number of rotatable bonds is 5. The van der Waals surface area contributed by atoms with Crippen LogP contribution in [0.15, 0.2) is 17.1 Å². The summed E-state index contributed by atoms with van der Waals surface area (Å²) in [4.78, 5) is 15.0. The average Bonchev–Trinajstić information content (AvgIpc) is 2.88. The topological polar surface area (TPSA) is 47.9 Å². The van der Waals surface area contributed by atoms with Gasteiger partial charge < -0.3 is 9.47 Å². The van der Waals surface area contributed by atoms with Crippen LogP contribution >= 0.6 is 11.6 Å². The van der Waals surface area contributed by atoms with Crippen LogP contribution < -0.4 is 4.74 Å². The molecule has 0 amide bonds. The molecular weight excluding hydrogens is 278 g/mol. The van der Waals surface area contributed by atoms with Crippen LogP contribution in [0.4, 0.5) is 0 Å². The van der Waals surface area contributed by atoms with Crippen molar-refractivity contribution in [1.82, 2.24) is 0 Å². The van der Waals surface area contributed by atoms with E-state index in [1.807, 2.05) is 6.07 Å². The van der Waals surface area contributed by atoms with Crippen LogP contribution in [-0.4, -0.2) is 20.3 Å². The molecule has 1 aliphatic rings. The van der Waals surface area contributed by atoms with Gasteiger partial charge >= 0.3 is 0 Å². The summed E-state index contributed by atoms with van der Waals surface area (Å²) in [6, 6.07) is 3.61. The molecule has 0 spiro atoms. The first-order valence-corrected chi connectivity index (χ1v) is 6.99. The van der Waals surface area contributed by atoms with Crippen LogP contribution in [-0.2, 0) is 21.7 Å². The molecule has 2 rings (SSSR count). The smallest absolute Gasteiger partial charge is 0.235 e. The lowest BCUT2D eigenvalue weighted by atomic mass is 9.84. The summed E-state index contributed by atoms with van der Waals surface area (Å²) >= 11 is 6.12. The fourth-order valence-corrected chi connectivity index (χ4v) is 3.29. The molecule has 5 heteroatoms. The fourth-order valence-electron chi connectivity index (χ4n) is 3.06. The van der Waals surface area contributed by atoms with Crippen LogP contribution in [0, 0.1) is 0 Å². The Morgan fingerprint density at radius 3 is 2.60 bits per heavy atom. The van der Waals surface area contributed by atoms with Crippen LogP contribution in [0.3, 0.4) is 0 Å². The fraction of sp³-hybridized carbons (Fsp3) is 0.533. The number of aliphatic imine (C=N–C) groups is 1.